The van der Waals surface area contributed by atoms with E-state index in [4.69, 9.17) is 16.3 Å². The van der Waals surface area contributed by atoms with Crippen molar-refractivity contribution in [2.75, 3.05) is 13.7 Å². The van der Waals surface area contributed by atoms with Crippen LogP contribution < -0.4 is 5.32 Å². The maximum atomic E-state index is 11.8. The summed E-state index contributed by atoms with van der Waals surface area (Å²) in [5, 5.41) is 4.01. The number of pyridine rings is 1. The molecule has 0 aromatic carbocycles. The smallest absolute Gasteiger partial charge is 0.358 e. The van der Waals surface area contributed by atoms with Crippen LogP contribution in [0.4, 0.5) is 0 Å². The lowest BCUT2D eigenvalue weighted by Crippen LogP contribution is -2.24. The van der Waals surface area contributed by atoms with Crippen molar-refractivity contribution in [3.8, 4) is 0 Å². The molecule has 1 N–H and O–H groups in total. The zero-order valence-electron chi connectivity index (χ0n) is 11.2. The third-order valence-electron chi connectivity index (χ3n) is 3.65. The molecule has 1 aliphatic heterocycles. The van der Waals surface area contributed by atoms with Crippen LogP contribution in [0.25, 0.3) is 5.52 Å². The number of methoxy groups -OCH3 is 1. The summed E-state index contributed by atoms with van der Waals surface area (Å²) in [7, 11) is 1.36. The first kappa shape index (κ1) is 13.4. The van der Waals surface area contributed by atoms with E-state index in [9.17, 15) is 4.79 Å². The van der Waals surface area contributed by atoms with Crippen LogP contribution in [0.3, 0.4) is 0 Å². The number of nitrogens with zero attached hydrogens (tertiary/aromatic N) is 2. The van der Waals surface area contributed by atoms with Crippen LogP contribution in [0.1, 0.15) is 29.2 Å². The molecule has 2 aromatic rings. The Morgan fingerprint density at radius 2 is 2.50 bits per heavy atom. The zero-order valence-corrected chi connectivity index (χ0v) is 12.0. The molecule has 1 fully saturated rings. The van der Waals surface area contributed by atoms with E-state index in [-0.39, 0.29) is 0 Å². The van der Waals surface area contributed by atoms with E-state index in [1.165, 1.54) is 13.5 Å². The minimum absolute atomic E-state index is 0.322. The molecule has 1 atom stereocenters. The highest BCUT2D eigenvalue weighted by Gasteiger charge is 2.22. The number of carbonyl (C=O) groups is 1. The quantitative estimate of drug-likeness (QED) is 0.880. The van der Waals surface area contributed by atoms with Crippen molar-refractivity contribution >= 4 is 23.1 Å². The zero-order chi connectivity index (χ0) is 14.1. The van der Waals surface area contributed by atoms with Crippen molar-refractivity contribution in [3.05, 3.63) is 34.9 Å². The Labute approximate surface area is 121 Å². The van der Waals surface area contributed by atoms with Crippen LogP contribution in [0, 0.1) is 0 Å². The average Bonchev–Trinajstić information content (AvgIpc) is 3.06. The van der Waals surface area contributed by atoms with E-state index in [1.807, 2.05) is 10.6 Å². The van der Waals surface area contributed by atoms with Gasteiger partial charge < -0.3 is 14.5 Å². The molecule has 3 rings (SSSR count). The van der Waals surface area contributed by atoms with Gasteiger partial charge in [0, 0.05) is 23.7 Å². The van der Waals surface area contributed by atoms with Gasteiger partial charge in [-0.1, -0.05) is 11.6 Å². The summed E-state index contributed by atoms with van der Waals surface area (Å²) in [6.07, 6.45) is 4.96. The second kappa shape index (κ2) is 5.42. The molecule has 0 aliphatic carbocycles. The van der Waals surface area contributed by atoms with Crippen LogP contribution >= 0.6 is 11.6 Å². The number of hydrogen-bond donors (Lipinski definition) is 1. The summed E-state index contributed by atoms with van der Waals surface area (Å²) in [5.74, 6) is 0.423. The van der Waals surface area contributed by atoms with E-state index < -0.39 is 5.97 Å². The predicted octanol–water partition coefficient (Wildman–Crippen LogP) is 2.07. The van der Waals surface area contributed by atoms with Crippen LogP contribution in [0.2, 0.25) is 5.02 Å². The van der Waals surface area contributed by atoms with E-state index >= 15 is 0 Å². The number of ether oxygens (including phenoxy) is 1. The predicted molar refractivity (Wildman–Crippen MR) is 76.3 cm³/mol. The normalized spacial score (nSPS) is 18.6. The van der Waals surface area contributed by atoms with Crippen molar-refractivity contribution in [2.24, 2.45) is 0 Å². The Morgan fingerprint density at radius 3 is 3.20 bits per heavy atom. The van der Waals surface area contributed by atoms with Crippen molar-refractivity contribution < 1.29 is 9.53 Å². The SMILES string of the molecule is COC(=O)c1nc(CC2CCCN2)n2ccc(Cl)cc12. The third-order valence-corrected chi connectivity index (χ3v) is 3.88. The molecule has 0 bridgehead atoms. The van der Waals surface area contributed by atoms with Crippen LogP contribution in [-0.2, 0) is 11.2 Å². The van der Waals surface area contributed by atoms with E-state index in [2.05, 4.69) is 10.3 Å². The molecular weight excluding hydrogens is 278 g/mol. The number of hydrogen-bond acceptors (Lipinski definition) is 4. The molecule has 5 nitrogen and oxygen atoms in total. The van der Waals surface area contributed by atoms with Crippen molar-refractivity contribution in [1.29, 1.82) is 0 Å². The molecule has 0 spiro atoms. The first-order chi connectivity index (χ1) is 9.69. The standard InChI is InChI=1S/C14H16ClN3O2/c1-20-14(19)13-11-7-9(15)4-6-18(11)12(17-13)8-10-3-2-5-16-10/h4,6-7,10,16H,2-3,5,8H2,1H3. The summed E-state index contributed by atoms with van der Waals surface area (Å²) in [4.78, 5) is 16.3. The van der Waals surface area contributed by atoms with Gasteiger partial charge in [0.05, 0.1) is 12.6 Å². The lowest BCUT2D eigenvalue weighted by molar-refractivity contribution is 0.0597. The molecule has 1 saturated heterocycles. The number of nitrogens with one attached hydrogen (secondary N) is 1. The molecule has 20 heavy (non-hydrogen) atoms. The summed E-state index contributed by atoms with van der Waals surface area (Å²) in [5.41, 5.74) is 1.01. The third kappa shape index (κ3) is 2.39. The molecule has 1 unspecified atom stereocenters. The fraction of sp³-hybridized carbons (Fsp3) is 0.429. The van der Waals surface area contributed by atoms with E-state index in [0.29, 0.717) is 22.3 Å². The fourth-order valence-corrected chi connectivity index (χ4v) is 2.82. The molecule has 106 valence electrons. The van der Waals surface area contributed by atoms with Gasteiger partial charge in [-0.25, -0.2) is 9.78 Å². The van der Waals surface area contributed by atoms with Gasteiger partial charge in [0.2, 0.25) is 0 Å². The molecule has 6 heteroatoms. The molecule has 1 aliphatic rings. The van der Waals surface area contributed by atoms with E-state index in [1.54, 1.807) is 12.1 Å². The molecule has 2 aromatic heterocycles. The summed E-state index contributed by atoms with van der Waals surface area (Å²) < 4.78 is 6.71. The highest BCUT2D eigenvalue weighted by molar-refractivity contribution is 6.31. The Bertz CT molecular complexity index is 647. The Hall–Kier alpha value is -1.59. The van der Waals surface area contributed by atoms with Gasteiger partial charge in [-0.2, -0.15) is 0 Å². The lowest BCUT2D eigenvalue weighted by Gasteiger charge is -2.08. The van der Waals surface area contributed by atoms with Gasteiger partial charge in [-0.3, -0.25) is 0 Å². The molecule has 0 amide bonds. The maximum Gasteiger partial charge on any atom is 0.358 e. The summed E-state index contributed by atoms with van der Waals surface area (Å²) in [6.45, 7) is 1.05. The maximum absolute atomic E-state index is 11.8. The number of halogens is 1. The van der Waals surface area contributed by atoms with E-state index in [0.717, 1.165) is 25.2 Å². The Kier molecular flexibility index (Phi) is 3.63. The number of aromatic nitrogens is 2. The minimum Gasteiger partial charge on any atom is -0.464 e. The molecule has 3 heterocycles. The summed E-state index contributed by atoms with van der Waals surface area (Å²) >= 11 is 6.01. The van der Waals surface area contributed by atoms with Gasteiger partial charge >= 0.3 is 5.97 Å². The monoisotopic (exact) mass is 293 g/mol. The van der Waals surface area contributed by atoms with Gasteiger partial charge in [-0.15, -0.1) is 0 Å². The van der Waals surface area contributed by atoms with Gasteiger partial charge in [0.15, 0.2) is 5.69 Å². The first-order valence-corrected chi connectivity index (χ1v) is 7.05. The first-order valence-electron chi connectivity index (χ1n) is 6.67. The van der Waals surface area contributed by atoms with Crippen molar-refractivity contribution in [2.45, 2.75) is 25.3 Å². The second-order valence-corrected chi connectivity index (χ2v) is 5.40. The lowest BCUT2D eigenvalue weighted by atomic mass is 10.1. The van der Waals surface area contributed by atoms with Gasteiger partial charge in [-0.05, 0) is 31.5 Å². The largest absolute Gasteiger partial charge is 0.464 e. The van der Waals surface area contributed by atoms with Gasteiger partial charge in [0.25, 0.3) is 0 Å². The Morgan fingerprint density at radius 1 is 1.65 bits per heavy atom. The average molecular weight is 294 g/mol. The van der Waals surface area contributed by atoms with Crippen LogP contribution in [-0.4, -0.2) is 35.1 Å². The highest BCUT2D eigenvalue weighted by Crippen LogP contribution is 2.21. The Balaban J connectivity index is 2.05. The second-order valence-electron chi connectivity index (χ2n) is 4.97. The van der Waals surface area contributed by atoms with Crippen molar-refractivity contribution in [1.82, 2.24) is 14.7 Å². The van der Waals surface area contributed by atoms with Crippen molar-refractivity contribution in [3.63, 3.8) is 0 Å². The number of fused-ring (bicyclic) bond motifs is 1. The number of imidazole rings is 1. The minimum atomic E-state index is -0.435. The number of rotatable bonds is 3. The molecular formula is C14H16ClN3O2. The highest BCUT2D eigenvalue weighted by atomic mass is 35.5. The number of esters is 1. The topological polar surface area (TPSA) is 55.6 Å². The molecule has 0 radical (unpaired) electrons. The number of carbonyl (C=O) groups excluding carboxylic acids is 1. The fourth-order valence-electron chi connectivity index (χ4n) is 2.66. The van der Waals surface area contributed by atoms with Crippen LogP contribution in [0.5, 0.6) is 0 Å². The van der Waals surface area contributed by atoms with Crippen LogP contribution in [0.15, 0.2) is 18.3 Å². The molecule has 0 saturated carbocycles. The summed E-state index contributed by atoms with van der Waals surface area (Å²) in [6, 6.07) is 3.96. The van der Waals surface area contributed by atoms with Gasteiger partial charge in [0.1, 0.15) is 5.82 Å².